The molecule has 3 aliphatic rings. The van der Waals surface area contributed by atoms with Gasteiger partial charge in [-0.1, -0.05) is 48.5 Å². The number of aryl methyl sites for hydroxylation is 2. The molecular formula is C36H39BrFN3O4. The van der Waals surface area contributed by atoms with Crippen molar-refractivity contribution in [3.05, 3.63) is 105 Å². The number of nitrogens with one attached hydrogen (secondary N) is 1. The first kappa shape index (κ1) is 31.3. The van der Waals surface area contributed by atoms with Crippen molar-refractivity contribution in [2.75, 3.05) is 26.2 Å². The third-order valence-electron chi connectivity index (χ3n) is 9.19. The van der Waals surface area contributed by atoms with Gasteiger partial charge in [-0.25, -0.2) is 9.18 Å². The first-order valence-corrected chi connectivity index (χ1v) is 16.6. The molecule has 45 heavy (non-hydrogen) atoms. The fourth-order valence-electron chi connectivity index (χ4n) is 6.67. The number of amides is 2. The number of rotatable bonds is 11. The molecule has 1 saturated carbocycles. The molecule has 1 aliphatic carbocycles. The highest BCUT2D eigenvalue weighted by Gasteiger charge is 2.46. The monoisotopic (exact) mass is 675 g/mol. The molecule has 3 aromatic rings. The lowest BCUT2D eigenvalue weighted by Crippen LogP contribution is -2.63. The maximum absolute atomic E-state index is 14.5. The number of hydrogen-bond donors (Lipinski definition) is 2. The maximum Gasteiger partial charge on any atom is 0.408 e. The summed E-state index contributed by atoms with van der Waals surface area (Å²) in [5.74, 6) is 0.113. The summed E-state index contributed by atoms with van der Waals surface area (Å²) >= 11 is 3.40. The van der Waals surface area contributed by atoms with E-state index in [0.29, 0.717) is 44.0 Å². The lowest BCUT2D eigenvalue weighted by Gasteiger charge is -2.47. The van der Waals surface area contributed by atoms with E-state index >= 15 is 0 Å². The quantitative estimate of drug-likeness (QED) is 0.223. The predicted molar refractivity (Wildman–Crippen MR) is 176 cm³/mol. The number of nitrogens with zero attached hydrogens (tertiary/aromatic N) is 2. The van der Waals surface area contributed by atoms with Crippen LogP contribution in [-0.4, -0.2) is 71.3 Å². The Labute approximate surface area is 272 Å². The van der Waals surface area contributed by atoms with Crippen LogP contribution in [0.15, 0.2) is 76.8 Å². The molecule has 3 aromatic carbocycles. The number of fused-ring (bicyclic) bond motifs is 2. The van der Waals surface area contributed by atoms with Gasteiger partial charge < -0.3 is 20.1 Å². The first-order chi connectivity index (χ1) is 21.8. The van der Waals surface area contributed by atoms with E-state index in [1.165, 1.54) is 28.2 Å². The first-order valence-electron chi connectivity index (χ1n) is 15.8. The summed E-state index contributed by atoms with van der Waals surface area (Å²) in [4.78, 5) is 30.5. The second-order valence-corrected chi connectivity index (χ2v) is 13.1. The van der Waals surface area contributed by atoms with Gasteiger partial charge in [0.05, 0.1) is 23.2 Å². The summed E-state index contributed by atoms with van der Waals surface area (Å²) in [5, 5.41) is 13.6. The highest BCUT2D eigenvalue weighted by atomic mass is 79.9. The smallest absolute Gasteiger partial charge is 0.408 e. The number of carbonyl (C=O) groups is 2. The number of carboxylic acid groups (broad SMARTS) is 1. The number of piperazine rings is 1. The number of halogens is 2. The van der Waals surface area contributed by atoms with E-state index in [4.69, 9.17) is 4.74 Å². The third kappa shape index (κ3) is 7.10. The maximum atomic E-state index is 14.5. The predicted octanol–water partition coefficient (Wildman–Crippen LogP) is 6.62. The van der Waals surface area contributed by atoms with Crippen LogP contribution in [0.25, 0.3) is 5.57 Å². The van der Waals surface area contributed by atoms with Crippen LogP contribution in [0.1, 0.15) is 47.9 Å². The van der Waals surface area contributed by atoms with Crippen LogP contribution >= 0.6 is 15.9 Å². The van der Waals surface area contributed by atoms with Gasteiger partial charge in [0.1, 0.15) is 11.6 Å². The van der Waals surface area contributed by atoms with Gasteiger partial charge in [-0.2, -0.15) is 0 Å². The minimum atomic E-state index is -0.975. The van der Waals surface area contributed by atoms with Crippen molar-refractivity contribution >= 4 is 33.5 Å². The van der Waals surface area contributed by atoms with Gasteiger partial charge in [0.25, 0.3) is 5.91 Å². The van der Waals surface area contributed by atoms with Crippen molar-refractivity contribution < 1.29 is 23.8 Å². The van der Waals surface area contributed by atoms with Gasteiger partial charge >= 0.3 is 6.09 Å². The molecule has 6 rings (SSSR count). The zero-order valence-corrected chi connectivity index (χ0v) is 27.1. The Kier molecular flexibility index (Phi) is 9.56. The molecule has 2 atom stereocenters. The molecule has 2 N–H and O–H groups in total. The Bertz CT molecular complexity index is 1590. The van der Waals surface area contributed by atoms with E-state index in [1.54, 1.807) is 6.07 Å². The number of ether oxygens (including phenoxy) is 1. The summed E-state index contributed by atoms with van der Waals surface area (Å²) in [6.45, 7) is 4.14. The van der Waals surface area contributed by atoms with Gasteiger partial charge in [-0.05, 0) is 101 Å². The van der Waals surface area contributed by atoms with Crippen LogP contribution in [0.3, 0.4) is 0 Å². The fourth-order valence-corrected chi connectivity index (χ4v) is 7.03. The molecule has 0 radical (unpaired) electrons. The SMILES string of the molecule is Cc1ccccc1CCN(C(=O)C1=C(c2ccc(CCCOc3cc(F)ccc3Br)cc2)CC2CNCC1N2C(=O)O)C1CC1. The van der Waals surface area contributed by atoms with Crippen LogP contribution in [-0.2, 0) is 17.6 Å². The Morgan fingerprint density at radius 3 is 2.58 bits per heavy atom. The lowest BCUT2D eigenvalue weighted by molar-refractivity contribution is -0.128. The van der Waals surface area contributed by atoms with E-state index in [1.807, 2.05) is 17.0 Å². The summed E-state index contributed by atoms with van der Waals surface area (Å²) in [7, 11) is 0. The molecule has 2 bridgehead atoms. The van der Waals surface area contributed by atoms with Crippen molar-refractivity contribution in [2.45, 2.75) is 63.6 Å². The van der Waals surface area contributed by atoms with Crippen molar-refractivity contribution in [2.24, 2.45) is 0 Å². The molecule has 2 unspecified atom stereocenters. The van der Waals surface area contributed by atoms with Crippen LogP contribution < -0.4 is 10.1 Å². The van der Waals surface area contributed by atoms with E-state index in [-0.39, 0.29) is 23.8 Å². The molecule has 1 saturated heterocycles. The van der Waals surface area contributed by atoms with Crippen molar-refractivity contribution in [1.29, 1.82) is 0 Å². The van der Waals surface area contributed by atoms with Crippen LogP contribution in [0.5, 0.6) is 5.75 Å². The van der Waals surface area contributed by atoms with E-state index < -0.39 is 12.1 Å². The number of hydrogen-bond acceptors (Lipinski definition) is 4. The zero-order valence-electron chi connectivity index (χ0n) is 25.5. The Hall–Kier alpha value is -3.69. The van der Waals surface area contributed by atoms with Gasteiger partial charge in [0, 0.05) is 37.3 Å². The molecule has 7 nitrogen and oxygen atoms in total. The van der Waals surface area contributed by atoms with Gasteiger partial charge in [-0.15, -0.1) is 0 Å². The fraction of sp³-hybridized carbons (Fsp3) is 0.389. The topological polar surface area (TPSA) is 82.1 Å². The zero-order chi connectivity index (χ0) is 31.5. The molecule has 236 valence electrons. The van der Waals surface area contributed by atoms with Crippen molar-refractivity contribution in [1.82, 2.24) is 15.1 Å². The summed E-state index contributed by atoms with van der Waals surface area (Å²) in [6, 6.07) is 20.4. The molecule has 2 fully saturated rings. The Morgan fingerprint density at radius 1 is 1.07 bits per heavy atom. The largest absolute Gasteiger partial charge is 0.492 e. The molecule has 2 aliphatic heterocycles. The summed E-state index contributed by atoms with van der Waals surface area (Å²) < 4.78 is 20.1. The Balaban J connectivity index is 1.23. The molecule has 2 amide bonds. The van der Waals surface area contributed by atoms with E-state index in [2.05, 4.69) is 64.6 Å². The molecule has 0 spiro atoms. The average Bonchev–Trinajstić information content (AvgIpc) is 3.87. The van der Waals surface area contributed by atoms with E-state index in [0.717, 1.165) is 53.3 Å². The van der Waals surface area contributed by atoms with Gasteiger partial charge in [-0.3, -0.25) is 9.69 Å². The summed E-state index contributed by atoms with van der Waals surface area (Å²) in [6.07, 6.45) is 3.78. The standard InChI is InChI=1S/C36H39BrFN3O4/c1-23-5-2-3-7-25(23)16-17-40(28-13-14-28)35(42)34-30(20-29-21-39-22-32(34)41(29)36(43)44)26-10-8-24(9-11-26)6-4-18-45-33-19-27(38)12-15-31(33)37/h2-3,5,7-12,15,19,28-29,32,39H,4,6,13-14,16-18,20-22H2,1H3,(H,43,44). The van der Waals surface area contributed by atoms with Crippen molar-refractivity contribution in [3.8, 4) is 5.75 Å². The van der Waals surface area contributed by atoms with Crippen LogP contribution in [0.4, 0.5) is 9.18 Å². The lowest BCUT2D eigenvalue weighted by atomic mass is 9.81. The van der Waals surface area contributed by atoms with Gasteiger partial charge in [0.15, 0.2) is 0 Å². The van der Waals surface area contributed by atoms with Crippen LogP contribution in [0, 0.1) is 12.7 Å². The second-order valence-electron chi connectivity index (χ2n) is 12.2. The minimum absolute atomic E-state index is 0.0378. The van der Waals surface area contributed by atoms with Crippen molar-refractivity contribution in [3.63, 3.8) is 0 Å². The molecule has 9 heteroatoms. The normalized spacial score (nSPS) is 19.4. The number of carbonyl (C=O) groups excluding carboxylic acids is 1. The highest BCUT2D eigenvalue weighted by Crippen LogP contribution is 2.39. The third-order valence-corrected chi connectivity index (χ3v) is 9.85. The highest BCUT2D eigenvalue weighted by molar-refractivity contribution is 9.10. The molecular weight excluding hydrogens is 637 g/mol. The Morgan fingerprint density at radius 2 is 1.84 bits per heavy atom. The second kappa shape index (κ2) is 13.7. The van der Waals surface area contributed by atoms with Gasteiger partial charge in [0.2, 0.25) is 0 Å². The van der Waals surface area contributed by atoms with E-state index in [9.17, 15) is 19.1 Å². The molecule has 0 aromatic heterocycles. The average molecular weight is 677 g/mol. The number of benzene rings is 3. The molecule has 2 heterocycles. The van der Waals surface area contributed by atoms with Crippen LogP contribution in [0.2, 0.25) is 0 Å². The summed E-state index contributed by atoms with van der Waals surface area (Å²) in [5.41, 5.74) is 6.12. The minimum Gasteiger partial charge on any atom is -0.492 e.